The Kier molecular flexibility index (Phi) is 9.99. The van der Waals surface area contributed by atoms with Crippen LogP contribution in [0.15, 0.2) is 4.99 Å². The van der Waals surface area contributed by atoms with E-state index in [1.807, 2.05) is 6.92 Å². The van der Waals surface area contributed by atoms with Crippen LogP contribution in [-0.2, 0) is 4.79 Å². The van der Waals surface area contributed by atoms with Gasteiger partial charge in [-0.1, -0.05) is 13.8 Å². The molecule has 0 aromatic carbocycles. The first-order valence-corrected chi connectivity index (χ1v) is 6.89. The van der Waals surface area contributed by atoms with Crippen LogP contribution in [0.2, 0.25) is 0 Å². The summed E-state index contributed by atoms with van der Waals surface area (Å²) >= 11 is 0. The predicted molar refractivity (Wildman–Crippen MR) is 90.0 cm³/mol. The largest absolute Gasteiger partial charge is 0.355 e. The Balaban J connectivity index is 0.00000324. The van der Waals surface area contributed by atoms with Gasteiger partial charge >= 0.3 is 0 Å². The zero-order valence-corrected chi connectivity index (χ0v) is 14.6. The van der Waals surface area contributed by atoms with E-state index in [1.165, 1.54) is 12.8 Å². The molecule has 19 heavy (non-hydrogen) atoms. The zero-order valence-electron chi connectivity index (χ0n) is 12.2. The van der Waals surface area contributed by atoms with Crippen molar-refractivity contribution in [2.75, 3.05) is 33.2 Å². The number of amides is 1. The van der Waals surface area contributed by atoms with Gasteiger partial charge < -0.3 is 15.5 Å². The highest BCUT2D eigenvalue weighted by atomic mass is 127. The van der Waals surface area contributed by atoms with Crippen LogP contribution >= 0.6 is 24.0 Å². The minimum atomic E-state index is 0. The van der Waals surface area contributed by atoms with Crippen LogP contribution in [0.5, 0.6) is 0 Å². The number of rotatable bonds is 4. The molecule has 0 unspecified atom stereocenters. The number of guanidine groups is 1. The van der Waals surface area contributed by atoms with Crippen LogP contribution in [-0.4, -0.2) is 50.0 Å². The smallest absolute Gasteiger partial charge is 0.239 e. The van der Waals surface area contributed by atoms with Crippen LogP contribution in [0, 0.1) is 5.92 Å². The maximum absolute atomic E-state index is 11.5. The molecule has 6 heteroatoms. The average molecular weight is 382 g/mol. The molecular formula is C13H27IN4O. The molecule has 0 aromatic heterocycles. The van der Waals surface area contributed by atoms with Crippen molar-refractivity contribution in [2.24, 2.45) is 10.9 Å². The Morgan fingerprint density at radius 1 is 1.32 bits per heavy atom. The summed E-state index contributed by atoms with van der Waals surface area (Å²) in [7, 11) is 1.77. The topological polar surface area (TPSA) is 56.7 Å². The van der Waals surface area contributed by atoms with E-state index in [9.17, 15) is 4.79 Å². The summed E-state index contributed by atoms with van der Waals surface area (Å²) in [6.07, 6.45) is 3.36. The molecule has 0 aromatic rings. The first-order valence-electron chi connectivity index (χ1n) is 6.89. The van der Waals surface area contributed by atoms with E-state index in [2.05, 4.69) is 27.4 Å². The molecule has 1 amide bonds. The van der Waals surface area contributed by atoms with Gasteiger partial charge in [-0.3, -0.25) is 9.79 Å². The van der Waals surface area contributed by atoms with Crippen molar-refractivity contribution in [3.63, 3.8) is 0 Å². The Labute approximate surface area is 133 Å². The molecule has 0 aliphatic carbocycles. The maximum Gasteiger partial charge on any atom is 0.239 e. The first-order chi connectivity index (χ1) is 8.67. The van der Waals surface area contributed by atoms with E-state index in [-0.39, 0.29) is 29.9 Å². The quantitative estimate of drug-likeness (QED) is 0.440. The molecule has 1 aliphatic rings. The first kappa shape index (κ1) is 18.5. The highest BCUT2D eigenvalue weighted by Crippen LogP contribution is 2.15. The van der Waals surface area contributed by atoms with Gasteiger partial charge in [-0.05, 0) is 25.2 Å². The number of nitrogens with zero attached hydrogens (tertiary/aromatic N) is 2. The predicted octanol–water partition coefficient (Wildman–Crippen LogP) is 1.44. The third-order valence-electron chi connectivity index (χ3n) is 3.27. The molecule has 5 nitrogen and oxygen atoms in total. The highest BCUT2D eigenvalue weighted by Gasteiger charge is 2.18. The van der Waals surface area contributed by atoms with Crippen LogP contribution < -0.4 is 10.6 Å². The molecule has 0 radical (unpaired) electrons. The number of hydrogen-bond acceptors (Lipinski definition) is 2. The van der Waals surface area contributed by atoms with E-state index in [0.717, 1.165) is 37.9 Å². The minimum Gasteiger partial charge on any atom is -0.355 e. The lowest BCUT2D eigenvalue weighted by molar-refractivity contribution is -0.120. The van der Waals surface area contributed by atoms with Crippen molar-refractivity contribution in [1.29, 1.82) is 0 Å². The molecule has 1 rings (SSSR count). The lowest BCUT2D eigenvalue weighted by atomic mass is 10.00. The fourth-order valence-electron chi connectivity index (χ4n) is 2.04. The Hall–Kier alpha value is -0.530. The SMILES string of the molecule is CCCNC(=O)CNC(=NC)N1CCC(C)CC1.I. The van der Waals surface area contributed by atoms with Gasteiger partial charge in [0.15, 0.2) is 5.96 Å². The second kappa shape index (κ2) is 10.3. The van der Waals surface area contributed by atoms with Crippen molar-refractivity contribution in [2.45, 2.75) is 33.1 Å². The molecule has 0 spiro atoms. The van der Waals surface area contributed by atoms with E-state index in [0.29, 0.717) is 6.54 Å². The van der Waals surface area contributed by atoms with Gasteiger partial charge in [-0.2, -0.15) is 0 Å². The van der Waals surface area contributed by atoms with Gasteiger partial charge in [-0.25, -0.2) is 0 Å². The van der Waals surface area contributed by atoms with Gasteiger partial charge in [0, 0.05) is 26.7 Å². The van der Waals surface area contributed by atoms with E-state index in [1.54, 1.807) is 7.05 Å². The third-order valence-corrected chi connectivity index (χ3v) is 3.27. The maximum atomic E-state index is 11.5. The van der Waals surface area contributed by atoms with Crippen LogP contribution in [0.3, 0.4) is 0 Å². The van der Waals surface area contributed by atoms with Gasteiger partial charge in [0.1, 0.15) is 0 Å². The molecule has 0 bridgehead atoms. The van der Waals surface area contributed by atoms with Crippen molar-refractivity contribution in [1.82, 2.24) is 15.5 Å². The molecule has 1 heterocycles. The number of carbonyl (C=O) groups excluding carboxylic acids is 1. The summed E-state index contributed by atoms with van der Waals surface area (Å²) in [5.74, 6) is 1.67. The summed E-state index contributed by atoms with van der Waals surface area (Å²) in [6.45, 7) is 7.42. The molecule has 1 aliphatic heterocycles. The third kappa shape index (κ3) is 6.98. The molecule has 0 saturated carbocycles. The van der Waals surface area contributed by atoms with Crippen LogP contribution in [0.4, 0.5) is 0 Å². The molecule has 2 N–H and O–H groups in total. The second-order valence-electron chi connectivity index (χ2n) is 4.92. The number of carbonyl (C=O) groups is 1. The lowest BCUT2D eigenvalue weighted by Gasteiger charge is -2.32. The van der Waals surface area contributed by atoms with Crippen molar-refractivity contribution in [3.05, 3.63) is 0 Å². The van der Waals surface area contributed by atoms with E-state index >= 15 is 0 Å². The lowest BCUT2D eigenvalue weighted by Crippen LogP contribution is -2.48. The van der Waals surface area contributed by atoms with Crippen molar-refractivity contribution < 1.29 is 4.79 Å². The monoisotopic (exact) mass is 382 g/mol. The van der Waals surface area contributed by atoms with E-state index < -0.39 is 0 Å². The van der Waals surface area contributed by atoms with Crippen LogP contribution in [0.1, 0.15) is 33.1 Å². The Morgan fingerprint density at radius 2 is 1.95 bits per heavy atom. The molecule has 0 atom stereocenters. The normalized spacial score (nSPS) is 16.8. The van der Waals surface area contributed by atoms with Crippen molar-refractivity contribution in [3.8, 4) is 0 Å². The summed E-state index contributed by atoms with van der Waals surface area (Å²) in [4.78, 5) is 18.0. The summed E-state index contributed by atoms with van der Waals surface area (Å²) in [5, 5.41) is 5.97. The number of aliphatic imine (C=N–C) groups is 1. The van der Waals surface area contributed by atoms with Gasteiger partial charge in [0.2, 0.25) is 5.91 Å². The highest BCUT2D eigenvalue weighted by molar-refractivity contribution is 14.0. The number of halogens is 1. The van der Waals surface area contributed by atoms with Crippen LogP contribution in [0.25, 0.3) is 0 Å². The van der Waals surface area contributed by atoms with Gasteiger partial charge in [0.05, 0.1) is 6.54 Å². The Bertz CT molecular complexity index is 288. The van der Waals surface area contributed by atoms with Gasteiger partial charge in [-0.15, -0.1) is 24.0 Å². The fourth-order valence-corrected chi connectivity index (χ4v) is 2.04. The zero-order chi connectivity index (χ0) is 13.4. The minimum absolute atomic E-state index is 0. The second-order valence-corrected chi connectivity index (χ2v) is 4.92. The Morgan fingerprint density at radius 3 is 2.47 bits per heavy atom. The molecule has 1 saturated heterocycles. The van der Waals surface area contributed by atoms with Crippen molar-refractivity contribution >= 4 is 35.8 Å². The number of piperidine rings is 1. The summed E-state index contributed by atoms with van der Waals surface area (Å²) in [5.41, 5.74) is 0. The number of hydrogen-bond donors (Lipinski definition) is 2. The molecular weight excluding hydrogens is 355 g/mol. The average Bonchev–Trinajstić information content (AvgIpc) is 2.39. The summed E-state index contributed by atoms with van der Waals surface area (Å²) < 4.78 is 0. The number of nitrogens with one attached hydrogen (secondary N) is 2. The summed E-state index contributed by atoms with van der Waals surface area (Å²) in [6, 6.07) is 0. The van der Waals surface area contributed by atoms with E-state index in [4.69, 9.17) is 0 Å². The molecule has 112 valence electrons. The standard InChI is InChI=1S/C13H26N4O.HI/c1-4-7-15-12(18)10-16-13(14-3)17-8-5-11(2)6-9-17;/h11H,4-10H2,1-3H3,(H,14,16)(H,15,18);1H. The fraction of sp³-hybridized carbons (Fsp3) is 0.846. The number of likely N-dealkylation sites (tertiary alicyclic amines) is 1. The molecule has 1 fully saturated rings. The van der Waals surface area contributed by atoms with Gasteiger partial charge in [0.25, 0.3) is 0 Å².